The second-order valence-corrected chi connectivity index (χ2v) is 10.3. The van der Waals surface area contributed by atoms with Crippen molar-refractivity contribution in [2.45, 2.75) is 69.9 Å². The van der Waals surface area contributed by atoms with Crippen LogP contribution in [0.15, 0.2) is 48.7 Å². The van der Waals surface area contributed by atoms with Crippen molar-refractivity contribution in [3.8, 4) is 11.5 Å². The van der Waals surface area contributed by atoms with Crippen LogP contribution in [0.1, 0.15) is 62.5 Å². The lowest BCUT2D eigenvalue weighted by Gasteiger charge is -2.29. The van der Waals surface area contributed by atoms with Gasteiger partial charge < -0.3 is 25.0 Å². The normalized spacial score (nSPS) is 17.9. The molecule has 1 saturated carbocycles. The Balaban J connectivity index is 1.35. The fraction of sp³-hybridized carbons (Fsp3) is 0.448. The predicted molar refractivity (Wildman–Crippen MR) is 139 cm³/mol. The minimum atomic E-state index is -1.05. The molecule has 1 aliphatic carbocycles. The summed E-state index contributed by atoms with van der Waals surface area (Å²) in [6.45, 7) is 2.04. The summed E-state index contributed by atoms with van der Waals surface area (Å²) in [5.74, 6) is 0.617. The third-order valence-corrected chi connectivity index (χ3v) is 7.64. The van der Waals surface area contributed by atoms with Crippen molar-refractivity contribution in [1.29, 1.82) is 0 Å². The summed E-state index contributed by atoms with van der Waals surface area (Å²) >= 11 is 0. The summed E-state index contributed by atoms with van der Waals surface area (Å²) in [4.78, 5) is 25.4. The lowest BCUT2D eigenvalue weighted by molar-refractivity contribution is -0.126. The fourth-order valence-corrected chi connectivity index (χ4v) is 5.84. The molecule has 1 aromatic heterocycles. The molecule has 2 unspecified atom stereocenters. The van der Waals surface area contributed by atoms with E-state index in [4.69, 9.17) is 9.47 Å². The molecule has 0 radical (unpaired) electrons. The second-order valence-electron chi connectivity index (χ2n) is 10.3. The predicted octanol–water partition coefficient (Wildman–Crippen LogP) is 5.06. The summed E-state index contributed by atoms with van der Waals surface area (Å²) in [7, 11) is 0. The number of nitrogens with one attached hydrogen (secondary N) is 1. The highest BCUT2D eigenvalue weighted by Crippen LogP contribution is 2.37. The summed E-state index contributed by atoms with van der Waals surface area (Å²) in [5, 5.41) is 24.9. The Kier molecular flexibility index (Phi) is 7.37. The topological polar surface area (TPSA) is 110 Å². The minimum absolute atomic E-state index is 0.140. The van der Waals surface area contributed by atoms with Crippen molar-refractivity contribution in [3.05, 3.63) is 59.8 Å². The maximum atomic E-state index is 13.7. The molecule has 2 heterocycles. The van der Waals surface area contributed by atoms with Crippen LogP contribution in [0.3, 0.4) is 0 Å². The number of hydrogen-bond donors (Lipinski definition) is 3. The number of ether oxygens (including phenoxy) is 2. The van der Waals surface area contributed by atoms with Gasteiger partial charge in [-0.05, 0) is 55.0 Å². The number of carboxylic acid groups (broad SMARTS) is 1. The van der Waals surface area contributed by atoms with Gasteiger partial charge >= 0.3 is 6.09 Å². The summed E-state index contributed by atoms with van der Waals surface area (Å²) < 4.78 is 12.2. The highest BCUT2D eigenvalue weighted by atomic mass is 16.7. The van der Waals surface area contributed by atoms with E-state index in [2.05, 4.69) is 5.32 Å². The van der Waals surface area contributed by atoms with Gasteiger partial charge in [-0.15, -0.1) is 0 Å². The molecule has 1 fully saturated rings. The molecule has 3 atom stereocenters. The van der Waals surface area contributed by atoms with Crippen LogP contribution in [-0.2, 0) is 11.2 Å². The first-order valence-electron chi connectivity index (χ1n) is 13.1. The van der Waals surface area contributed by atoms with E-state index in [9.17, 15) is 19.8 Å². The Morgan fingerprint density at radius 2 is 1.84 bits per heavy atom. The highest BCUT2D eigenvalue weighted by Gasteiger charge is 2.33. The number of carbonyl (C=O) groups is 2. The number of benzene rings is 2. The average Bonchev–Trinajstić information content (AvgIpc) is 3.49. The van der Waals surface area contributed by atoms with E-state index in [1.54, 1.807) is 30.5 Å². The number of aliphatic hydroxyl groups excluding tert-OH is 1. The first-order chi connectivity index (χ1) is 17.9. The van der Waals surface area contributed by atoms with Gasteiger partial charge in [-0.2, -0.15) is 0 Å². The Labute approximate surface area is 216 Å². The largest absolute Gasteiger partial charge is 0.464 e. The Morgan fingerprint density at radius 3 is 2.62 bits per heavy atom. The molecule has 3 N–H and O–H groups in total. The number of nitrogens with zero attached hydrogens (tertiary/aromatic N) is 1. The number of aliphatic hydroxyl groups is 1. The van der Waals surface area contributed by atoms with Crippen LogP contribution >= 0.6 is 0 Å². The van der Waals surface area contributed by atoms with E-state index in [-0.39, 0.29) is 18.7 Å². The summed E-state index contributed by atoms with van der Waals surface area (Å²) in [6, 6.07) is 12.5. The number of aromatic nitrogens is 1. The molecule has 8 nitrogen and oxygen atoms in total. The molecule has 0 spiro atoms. The number of carbonyl (C=O) groups excluding carboxylic acids is 1. The molecule has 2 aliphatic rings. The number of fused-ring (bicyclic) bond motifs is 2. The van der Waals surface area contributed by atoms with E-state index in [1.807, 2.05) is 25.1 Å². The molecule has 1 amide bonds. The van der Waals surface area contributed by atoms with E-state index in [0.717, 1.165) is 23.8 Å². The fourth-order valence-electron chi connectivity index (χ4n) is 5.84. The molecule has 8 heteroatoms. The molecule has 37 heavy (non-hydrogen) atoms. The van der Waals surface area contributed by atoms with E-state index < -0.39 is 18.1 Å². The van der Waals surface area contributed by atoms with Crippen molar-refractivity contribution in [2.24, 2.45) is 5.92 Å². The van der Waals surface area contributed by atoms with Crippen LogP contribution in [0.25, 0.3) is 10.9 Å². The molecule has 0 saturated heterocycles. The van der Waals surface area contributed by atoms with Crippen molar-refractivity contribution < 1.29 is 29.3 Å². The molecule has 5 rings (SSSR count). The minimum Gasteiger partial charge on any atom is -0.464 e. The third kappa shape index (κ3) is 5.44. The monoisotopic (exact) mass is 506 g/mol. The van der Waals surface area contributed by atoms with E-state index >= 15 is 0 Å². The van der Waals surface area contributed by atoms with Crippen LogP contribution in [0.4, 0.5) is 4.79 Å². The number of amides is 1. The SMILES string of the molecule is C[C@H](Cc1cn(C(=O)O)c2ccccc12)NC(=O)C(c1ccc2c(c1)OCO2)C(O)CC1CCCCC1. The van der Waals surface area contributed by atoms with Gasteiger partial charge in [0.1, 0.15) is 0 Å². The molecular formula is C29H34N2O6. The van der Waals surface area contributed by atoms with Gasteiger partial charge in [0.2, 0.25) is 12.7 Å². The second kappa shape index (κ2) is 10.8. The number of hydrogen-bond acceptors (Lipinski definition) is 5. The van der Waals surface area contributed by atoms with Crippen molar-refractivity contribution in [3.63, 3.8) is 0 Å². The summed E-state index contributed by atoms with van der Waals surface area (Å²) in [6.07, 6.45) is 6.49. The van der Waals surface area contributed by atoms with Gasteiger partial charge in [-0.1, -0.05) is 56.4 Å². The van der Waals surface area contributed by atoms with Crippen LogP contribution in [-0.4, -0.2) is 45.7 Å². The van der Waals surface area contributed by atoms with Gasteiger partial charge in [0, 0.05) is 17.6 Å². The molecule has 1 aliphatic heterocycles. The van der Waals surface area contributed by atoms with Gasteiger partial charge in [-0.25, -0.2) is 4.79 Å². The standard InChI is InChI=1S/C29H34N2O6/c1-18(13-21-16-31(29(34)35)23-10-6-5-9-22(21)23)30-28(33)27(24(32)14-19-7-3-2-4-8-19)20-11-12-25-26(15-20)37-17-36-25/h5-6,9-12,15-16,18-19,24,27,32H,2-4,7-8,13-14,17H2,1H3,(H,30,33)(H,34,35)/t18-,24?,27?/m1/s1. The maximum Gasteiger partial charge on any atom is 0.416 e. The lowest BCUT2D eigenvalue weighted by atomic mass is 9.80. The Bertz CT molecular complexity index is 1280. The van der Waals surface area contributed by atoms with Gasteiger partial charge in [0.15, 0.2) is 11.5 Å². The first-order valence-corrected chi connectivity index (χ1v) is 13.1. The molecule has 196 valence electrons. The molecule has 2 aromatic carbocycles. The van der Waals surface area contributed by atoms with E-state index in [1.165, 1.54) is 23.8 Å². The van der Waals surface area contributed by atoms with Crippen molar-refractivity contribution in [2.75, 3.05) is 6.79 Å². The number of rotatable bonds is 8. The maximum absolute atomic E-state index is 13.7. The quantitative estimate of drug-likeness (QED) is 0.394. The van der Waals surface area contributed by atoms with Crippen molar-refractivity contribution in [1.82, 2.24) is 9.88 Å². The third-order valence-electron chi connectivity index (χ3n) is 7.64. The van der Waals surface area contributed by atoms with Crippen molar-refractivity contribution >= 4 is 22.9 Å². The smallest absolute Gasteiger partial charge is 0.416 e. The molecular weight excluding hydrogens is 472 g/mol. The van der Waals surface area contributed by atoms with Gasteiger partial charge in [-0.3, -0.25) is 9.36 Å². The lowest BCUT2D eigenvalue weighted by Crippen LogP contribution is -2.42. The zero-order valence-corrected chi connectivity index (χ0v) is 21.1. The zero-order valence-electron chi connectivity index (χ0n) is 21.1. The highest BCUT2D eigenvalue weighted by molar-refractivity contribution is 5.91. The van der Waals surface area contributed by atoms with Crippen LogP contribution in [0.5, 0.6) is 11.5 Å². The van der Waals surface area contributed by atoms with Crippen LogP contribution in [0.2, 0.25) is 0 Å². The van der Waals surface area contributed by atoms with Gasteiger partial charge in [0.05, 0.1) is 17.5 Å². The first kappa shape index (κ1) is 25.1. The average molecular weight is 507 g/mol. The number of para-hydroxylation sites is 1. The van der Waals surface area contributed by atoms with Crippen LogP contribution in [0, 0.1) is 5.92 Å². The van der Waals surface area contributed by atoms with E-state index in [0.29, 0.717) is 41.3 Å². The van der Waals surface area contributed by atoms with Gasteiger partial charge in [0.25, 0.3) is 0 Å². The summed E-state index contributed by atoms with van der Waals surface area (Å²) in [5.41, 5.74) is 2.15. The molecule has 3 aromatic rings. The van der Waals surface area contributed by atoms with Crippen LogP contribution < -0.4 is 14.8 Å². The zero-order chi connectivity index (χ0) is 25.9. The Morgan fingerprint density at radius 1 is 1.08 bits per heavy atom. The molecule has 0 bridgehead atoms. The Hall–Kier alpha value is -3.52.